The standard InChI is InChI=1S/C30H58O8Si4/c1-19-21-22(24(35-40(9,10)11)23(19)34-39(6,7)8)28(4,37-41(12,13)14)18-20-30(38-42(15,16)17)25(21)32-26(31)29(30,5)36-27(2,3)33-20/h20-22,24-25H,18H2,1-17H3/t20-,21+,22+,24-,25-,28-,29+,30+/m0/s1. The first-order valence-corrected chi connectivity index (χ1v) is 29.2. The zero-order valence-electron chi connectivity index (χ0n) is 29.4. The minimum Gasteiger partial charge on any atom is -0.545 e. The smallest absolute Gasteiger partial charge is 0.341 e. The molecule has 0 aromatic rings. The van der Waals surface area contributed by atoms with Gasteiger partial charge in [0, 0.05) is 18.3 Å². The summed E-state index contributed by atoms with van der Waals surface area (Å²) < 4.78 is 48.6. The summed E-state index contributed by atoms with van der Waals surface area (Å²) in [4.78, 5) is 14.1. The highest BCUT2D eigenvalue weighted by Crippen LogP contribution is 2.64. The predicted octanol–water partition coefficient (Wildman–Crippen LogP) is 7.02. The normalized spacial score (nSPS) is 40.4. The zero-order valence-corrected chi connectivity index (χ0v) is 33.4. The quantitative estimate of drug-likeness (QED) is 0.203. The maximum absolute atomic E-state index is 14.1. The highest BCUT2D eigenvalue weighted by Gasteiger charge is 2.81. The molecular formula is C30H58O8Si4. The maximum Gasteiger partial charge on any atom is 0.341 e. The van der Waals surface area contributed by atoms with Crippen LogP contribution >= 0.6 is 0 Å². The Balaban J connectivity index is 2.08. The lowest BCUT2D eigenvalue weighted by Gasteiger charge is -2.57. The first-order valence-electron chi connectivity index (χ1n) is 15.6. The average Bonchev–Trinajstić information content (AvgIpc) is 3.03. The Morgan fingerprint density at radius 2 is 1.33 bits per heavy atom. The lowest BCUT2D eigenvalue weighted by atomic mass is 9.71. The van der Waals surface area contributed by atoms with Gasteiger partial charge in [0.05, 0.1) is 11.7 Å². The van der Waals surface area contributed by atoms with E-state index in [1.165, 1.54) is 0 Å². The SMILES string of the molecule is CC1=C(O[Si](C)(C)C)[C@@H](O[Si](C)(C)C)[C@H]2[C@@H]1[C@@H]1OC(=O)[C@@]3(C)OC(C)(C)O[C@@H](C[C@]2(C)O[Si](C)(C)C)[C@@]13O[Si](C)(C)C. The molecule has 0 radical (unpaired) electrons. The van der Waals surface area contributed by atoms with Crippen LogP contribution in [0.4, 0.5) is 0 Å². The first kappa shape index (κ1) is 34.5. The molecule has 0 spiro atoms. The number of fused-ring (bicyclic) bond motifs is 2. The molecule has 2 aliphatic carbocycles. The number of carbonyl (C=O) groups is 1. The number of esters is 1. The molecule has 242 valence electrons. The highest BCUT2D eigenvalue weighted by molar-refractivity contribution is 6.71. The summed E-state index contributed by atoms with van der Waals surface area (Å²) in [6.45, 7) is 36.4. The molecule has 0 aromatic heterocycles. The second kappa shape index (κ2) is 10.1. The van der Waals surface area contributed by atoms with Gasteiger partial charge in [-0.05, 0) is 119 Å². The lowest BCUT2D eigenvalue weighted by molar-refractivity contribution is -0.379. The maximum atomic E-state index is 14.1. The van der Waals surface area contributed by atoms with Gasteiger partial charge in [-0.3, -0.25) is 0 Å². The number of carbonyl (C=O) groups excluding carboxylic acids is 1. The number of ether oxygens (including phenoxy) is 3. The van der Waals surface area contributed by atoms with E-state index in [-0.39, 0.29) is 17.9 Å². The Morgan fingerprint density at radius 1 is 0.786 bits per heavy atom. The fourth-order valence-electron chi connectivity index (χ4n) is 7.98. The van der Waals surface area contributed by atoms with Crippen LogP contribution in [0.25, 0.3) is 0 Å². The van der Waals surface area contributed by atoms with E-state index in [1.807, 2.05) is 20.8 Å². The van der Waals surface area contributed by atoms with Gasteiger partial charge in [-0.25, -0.2) is 4.79 Å². The third kappa shape index (κ3) is 6.10. The van der Waals surface area contributed by atoms with Gasteiger partial charge >= 0.3 is 5.97 Å². The van der Waals surface area contributed by atoms with Crippen molar-refractivity contribution < 1.29 is 36.7 Å². The van der Waals surface area contributed by atoms with Gasteiger partial charge in [-0.15, -0.1) is 0 Å². The Labute approximate surface area is 259 Å². The summed E-state index contributed by atoms with van der Waals surface area (Å²) in [5, 5.41) is 0. The summed E-state index contributed by atoms with van der Waals surface area (Å²) in [5.41, 5.74) is -2.16. The van der Waals surface area contributed by atoms with Crippen molar-refractivity contribution in [2.24, 2.45) is 11.8 Å². The predicted molar refractivity (Wildman–Crippen MR) is 175 cm³/mol. The molecular weight excluding hydrogens is 601 g/mol. The van der Waals surface area contributed by atoms with Crippen LogP contribution in [0.1, 0.15) is 41.0 Å². The molecule has 8 atom stereocenters. The molecule has 4 aliphatic rings. The average molecular weight is 659 g/mol. The summed E-state index contributed by atoms with van der Waals surface area (Å²) in [6.07, 6.45) is -0.992. The molecule has 0 N–H and O–H groups in total. The topological polar surface area (TPSA) is 81.7 Å². The van der Waals surface area contributed by atoms with E-state index in [1.54, 1.807) is 0 Å². The van der Waals surface area contributed by atoms with Gasteiger partial charge in [0.1, 0.15) is 18.0 Å². The monoisotopic (exact) mass is 658 g/mol. The van der Waals surface area contributed by atoms with Gasteiger partial charge in [0.15, 0.2) is 41.9 Å². The molecule has 8 nitrogen and oxygen atoms in total. The largest absolute Gasteiger partial charge is 0.545 e. The van der Waals surface area contributed by atoms with Gasteiger partial charge in [0.25, 0.3) is 0 Å². The zero-order chi connectivity index (χ0) is 32.3. The first-order chi connectivity index (χ1) is 18.5. The van der Waals surface area contributed by atoms with E-state index < -0.39 is 74.0 Å². The van der Waals surface area contributed by atoms with Crippen molar-refractivity contribution in [3.63, 3.8) is 0 Å². The minimum atomic E-state index is -2.31. The second-order valence-electron chi connectivity index (χ2n) is 17.7. The summed E-state index contributed by atoms with van der Waals surface area (Å²) >= 11 is 0. The van der Waals surface area contributed by atoms with Crippen LogP contribution in [0.3, 0.4) is 0 Å². The third-order valence-corrected chi connectivity index (χ3v) is 12.4. The van der Waals surface area contributed by atoms with Gasteiger partial charge in [0.2, 0.25) is 8.32 Å². The Kier molecular flexibility index (Phi) is 8.30. The van der Waals surface area contributed by atoms with Crippen LogP contribution in [-0.4, -0.2) is 80.1 Å². The number of hydrogen-bond donors (Lipinski definition) is 0. The van der Waals surface area contributed by atoms with Crippen LogP contribution in [0.2, 0.25) is 78.6 Å². The molecule has 2 saturated heterocycles. The molecule has 0 aromatic carbocycles. The van der Waals surface area contributed by atoms with E-state index in [4.69, 9.17) is 31.9 Å². The fraction of sp³-hybridized carbons (Fsp3) is 0.900. The van der Waals surface area contributed by atoms with E-state index in [2.05, 4.69) is 92.4 Å². The van der Waals surface area contributed by atoms with Crippen LogP contribution in [-0.2, 0) is 36.7 Å². The van der Waals surface area contributed by atoms with Crippen LogP contribution in [0.5, 0.6) is 0 Å². The molecule has 4 rings (SSSR count). The summed E-state index contributed by atoms with van der Waals surface area (Å²) in [7, 11) is -8.56. The number of rotatable bonds is 8. The van der Waals surface area contributed by atoms with E-state index in [0.29, 0.717) is 6.42 Å². The van der Waals surface area contributed by atoms with Crippen molar-refractivity contribution in [1.82, 2.24) is 0 Å². The van der Waals surface area contributed by atoms with Crippen molar-refractivity contribution in [3.8, 4) is 0 Å². The lowest BCUT2D eigenvalue weighted by Crippen LogP contribution is -2.75. The molecule has 42 heavy (non-hydrogen) atoms. The van der Waals surface area contributed by atoms with Crippen molar-refractivity contribution >= 4 is 39.2 Å². The van der Waals surface area contributed by atoms with Crippen LogP contribution in [0, 0.1) is 11.8 Å². The van der Waals surface area contributed by atoms with Crippen molar-refractivity contribution in [3.05, 3.63) is 11.3 Å². The molecule has 2 heterocycles. The Morgan fingerprint density at radius 3 is 1.81 bits per heavy atom. The van der Waals surface area contributed by atoms with E-state index >= 15 is 0 Å². The van der Waals surface area contributed by atoms with E-state index in [0.717, 1.165) is 11.3 Å². The summed E-state index contributed by atoms with van der Waals surface area (Å²) in [5.74, 6) is -0.969. The van der Waals surface area contributed by atoms with Crippen LogP contribution < -0.4 is 0 Å². The Hall–Kier alpha value is -0.322. The molecule has 0 bridgehead atoms. The third-order valence-electron chi connectivity index (χ3n) is 8.54. The highest BCUT2D eigenvalue weighted by atomic mass is 28.4. The van der Waals surface area contributed by atoms with Gasteiger partial charge in [-0.2, -0.15) is 0 Å². The van der Waals surface area contributed by atoms with E-state index in [9.17, 15) is 4.79 Å². The molecule has 2 aliphatic heterocycles. The molecule has 12 heteroatoms. The van der Waals surface area contributed by atoms with Crippen molar-refractivity contribution in [2.75, 3.05) is 0 Å². The molecule has 3 fully saturated rings. The van der Waals surface area contributed by atoms with Crippen molar-refractivity contribution in [2.45, 2.75) is 161 Å². The summed E-state index contributed by atoms with van der Waals surface area (Å²) in [6, 6.07) is 0. The fourth-order valence-corrected chi connectivity index (χ4v) is 13.0. The molecule has 1 saturated carbocycles. The van der Waals surface area contributed by atoms with Crippen molar-refractivity contribution in [1.29, 1.82) is 0 Å². The van der Waals surface area contributed by atoms with Gasteiger partial charge in [-0.1, -0.05) is 0 Å². The molecule has 0 unspecified atom stereocenters. The minimum absolute atomic E-state index is 0.179. The van der Waals surface area contributed by atoms with Crippen LogP contribution in [0.15, 0.2) is 11.3 Å². The number of hydrogen-bond acceptors (Lipinski definition) is 8. The van der Waals surface area contributed by atoms with Gasteiger partial charge < -0.3 is 31.9 Å². The molecule has 0 amide bonds. The second-order valence-corrected chi connectivity index (χ2v) is 35.4. The Bertz CT molecular complexity index is 1130.